The van der Waals surface area contributed by atoms with Crippen LogP contribution in [0.4, 0.5) is 18.3 Å². The average molecular weight is 533 g/mol. The van der Waals surface area contributed by atoms with Crippen LogP contribution in [0.2, 0.25) is 0 Å². The molecule has 2 atom stereocenters. The summed E-state index contributed by atoms with van der Waals surface area (Å²) in [4.78, 5) is 41.8. The van der Waals surface area contributed by atoms with Crippen LogP contribution in [0.15, 0.2) is 27.9 Å². The van der Waals surface area contributed by atoms with Crippen molar-refractivity contribution in [3.05, 3.63) is 28.6 Å². The minimum atomic E-state index is -4.78. The van der Waals surface area contributed by atoms with Crippen LogP contribution in [0.5, 0.6) is 0 Å². The van der Waals surface area contributed by atoms with Crippen molar-refractivity contribution in [2.24, 2.45) is 5.16 Å². The van der Waals surface area contributed by atoms with E-state index in [1.165, 1.54) is 0 Å². The molecule has 0 radical (unpaired) electrons. The van der Waals surface area contributed by atoms with Crippen molar-refractivity contribution in [2.45, 2.75) is 31.1 Å². The lowest BCUT2D eigenvalue weighted by Gasteiger charge is -2.50. The molecule has 1 saturated heterocycles. The number of rotatable bonds is 7. The fourth-order valence-corrected chi connectivity index (χ4v) is 4.63. The van der Waals surface area contributed by atoms with Gasteiger partial charge in [-0.2, -0.15) is 22.5 Å². The molecule has 18 heteroatoms. The summed E-state index contributed by atoms with van der Waals surface area (Å²) in [5, 5.41) is 36.2. The van der Waals surface area contributed by atoms with Gasteiger partial charge in [0.25, 0.3) is 17.5 Å². The molecule has 2 amide bonds. The number of β-lactam (4-membered cyclic amide) rings is 1. The number of allylic oxidation sites excluding steroid dienone is 2. The smallest absolute Gasteiger partial charge is 0.476 e. The van der Waals surface area contributed by atoms with Crippen molar-refractivity contribution >= 4 is 62.7 Å². The predicted molar refractivity (Wildman–Crippen MR) is 117 cm³/mol. The Bertz CT molecular complexity index is 1210. The van der Waals surface area contributed by atoms with Crippen LogP contribution in [0.1, 0.15) is 18.7 Å². The molecule has 0 aromatic carbocycles. The fourth-order valence-electron chi connectivity index (χ4n) is 3.29. The van der Waals surface area contributed by atoms with Crippen LogP contribution >= 0.6 is 23.3 Å². The topological polar surface area (TPSA) is 221 Å². The molecule has 2 aliphatic heterocycles. The first-order valence-corrected chi connectivity index (χ1v) is 11.0. The van der Waals surface area contributed by atoms with E-state index in [0.717, 1.165) is 22.5 Å². The number of carboxylic acids is 1. The minimum Gasteiger partial charge on any atom is -0.477 e. The highest BCUT2D eigenvalue weighted by Crippen LogP contribution is 2.41. The number of carboxylic acid groups (broad SMARTS) is 1. The summed E-state index contributed by atoms with van der Waals surface area (Å²) in [6, 6.07) is -1.90. The van der Waals surface area contributed by atoms with E-state index in [0.29, 0.717) is 17.8 Å². The van der Waals surface area contributed by atoms with Crippen LogP contribution in [0.3, 0.4) is 0 Å². The summed E-state index contributed by atoms with van der Waals surface area (Å²) in [5.74, 6) is -3.53. The zero-order chi connectivity index (χ0) is 26.1. The van der Waals surface area contributed by atoms with Gasteiger partial charge in [0.15, 0.2) is 5.13 Å². The van der Waals surface area contributed by atoms with Gasteiger partial charge in [-0.3, -0.25) is 25.3 Å². The Morgan fingerprint density at radius 2 is 2.09 bits per heavy atom. The van der Waals surface area contributed by atoms with Gasteiger partial charge in [0, 0.05) is 22.5 Å². The lowest BCUT2D eigenvalue weighted by atomic mass is 9.86. The molecule has 0 bridgehead atoms. The number of aliphatic carboxylic acids is 1. The van der Waals surface area contributed by atoms with Gasteiger partial charge in [0.05, 0.1) is 11.1 Å². The first-order valence-electron chi connectivity index (χ1n) is 9.41. The van der Waals surface area contributed by atoms with E-state index in [4.69, 9.17) is 21.8 Å². The molecule has 1 fully saturated rings. The highest BCUT2D eigenvalue weighted by atomic mass is 32.2. The zero-order valence-corrected chi connectivity index (χ0v) is 18.9. The first-order chi connectivity index (χ1) is 16.3. The summed E-state index contributed by atoms with van der Waals surface area (Å²) in [6.45, 7) is 0. The highest BCUT2D eigenvalue weighted by molar-refractivity contribution is 8.17. The number of alkyl halides is 3. The maximum atomic E-state index is 12.7. The SMILES string of the molecule is N=C(/C=C\C(=[NH2+])C(F)(F)F)SC1=C(C(=O)O)N2C(=O)C(NC(=O)/C(=N\O)c3nsc(N)n3)C2CC1. The number of nitrogens with one attached hydrogen (secondary N) is 2. The summed E-state index contributed by atoms with van der Waals surface area (Å²) in [7, 11) is 0. The Hall–Kier alpha value is -3.80. The molecular weight excluding hydrogens is 517 g/mol. The molecule has 2 aliphatic rings. The van der Waals surface area contributed by atoms with E-state index < -0.39 is 58.2 Å². The first kappa shape index (κ1) is 25.8. The fraction of sp³-hybridized carbons (Fsp3) is 0.294. The Kier molecular flexibility index (Phi) is 7.25. The van der Waals surface area contributed by atoms with Crippen molar-refractivity contribution in [3.63, 3.8) is 0 Å². The molecule has 0 saturated carbocycles. The number of hydrogen-bond acceptors (Lipinski definition) is 11. The monoisotopic (exact) mass is 533 g/mol. The van der Waals surface area contributed by atoms with Gasteiger partial charge >= 0.3 is 12.1 Å². The maximum Gasteiger partial charge on any atom is 0.476 e. The number of anilines is 1. The summed E-state index contributed by atoms with van der Waals surface area (Å²) < 4.78 is 41.2. The van der Waals surface area contributed by atoms with E-state index >= 15 is 0 Å². The Balaban J connectivity index is 1.74. The average Bonchev–Trinajstić information content (AvgIpc) is 3.20. The molecule has 8 N–H and O–H groups in total. The molecule has 0 spiro atoms. The van der Waals surface area contributed by atoms with Gasteiger partial charge in [-0.05, 0) is 18.9 Å². The number of amides is 2. The summed E-state index contributed by atoms with van der Waals surface area (Å²) in [6.07, 6.45) is -3.29. The predicted octanol–water partition coefficient (Wildman–Crippen LogP) is -0.887. The summed E-state index contributed by atoms with van der Waals surface area (Å²) in [5.41, 5.74) is 2.96. The summed E-state index contributed by atoms with van der Waals surface area (Å²) >= 11 is 1.32. The standard InChI is InChI=1S/C17H15F3N8O5S2/c18-17(19,20)7(21)3-4-8(22)34-6-2-1-5-9(14(30)28(5)11(6)15(31)32)24-13(29)10(26-33)12-25-16(23)35-27-12/h3-5,9,21-22,33H,1-2H2,(H,24,29)(H,31,32)(H2,23,25,27)/p+1/b4-3-,21-7?,22-8?,26-10-. The van der Waals surface area contributed by atoms with Crippen molar-refractivity contribution in [1.82, 2.24) is 19.6 Å². The van der Waals surface area contributed by atoms with Crippen molar-refractivity contribution in [3.8, 4) is 0 Å². The van der Waals surface area contributed by atoms with Gasteiger partial charge in [-0.1, -0.05) is 16.9 Å². The maximum absolute atomic E-state index is 12.7. The normalized spacial score (nSPS) is 20.5. The second kappa shape index (κ2) is 9.82. The Morgan fingerprint density at radius 1 is 1.40 bits per heavy atom. The highest BCUT2D eigenvalue weighted by Gasteiger charge is 2.54. The number of nitrogens with two attached hydrogens (primary N) is 2. The van der Waals surface area contributed by atoms with Crippen LogP contribution in [0, 0.1) is 5.41 Å². The lowest BCUT2D eigenvalue weighted by Crippen LogP contribution is -2.72. The van der Waals surface area contributed by atoms with E-state index in [9.17, 15) is 32.7 Å². The zero-order valence-electron chi connectivity index (χ0n) is 17.2. The minimum absolute atomic E-state index is 0.00721. The van der Waals surface area contributed by atoms with Crippen LogP contribution in [0.25, 0.3) is 0 Å². The van der Waals surface area contributed by atoms with E-state index in [2.05, 4.69) is 19.8 Å². The third-order valence-electron chi connectivity index (χ3n) is 4.82. The molecule has 1 aromatic heterocycles. The molecule has 3 rings (SSSR count). The second-order valence-corrected chi connectivity index (χ2v) is 8.92. The Morgan fingerprint density at radius 3 is 2.63 bits per heavy atom. The van der Waals surface area contributed by atoms with Gasteiger partial charge in [-0.25, -0.2) is 4.79 Å². The number of carbonyl (C=O) groups excluding carboxylic acids is 2. The number of hydrogen-bond donors (Lipinski definition) is 6. The van der Waals surface area contributed by atoms with Crippen LogP contribution in [-0.2, 0) is 14.4 Å². The van der Waals surface area contributed by atoms with Gasteiger partial charge in [0.2, 0.25) is 11.5 Å². The van der Waals surface area contributed by atoms with Gasteiger partial charge in [0.1, 0.15) is 11.7 Å². The molecule has 3 heterocycles. The third-order valence-corrected chi connectivity index (χ3v) is 6.37. The van der Waals surface area contributed by atoms with Crippen molar-refractivity contribution < 1.29 is 43.3 Å². The van der Waals surface area contributed by atoms with E-state index in [1.807, 2.05) is 0 Å². The van der Waals surface area contributed by atoms with E-state index in [-0.39, 0.29) is 28.7 Å². The quantitative estimate of drug-likeness (QED) is 0.0840. The van der Waals surface area contributed by atoms with Crippen LogP contribution < -0.4 is 16.5 Å². The molecule has 35 heavy (non-hydrogen) atoms. The number of thioether (sulfide) groups is 1. The van der Waals surface area contributed by atoms with Gasteiger partial charge < -0.3 is 21.4 Å². The van der Waals surface area contributed by atoms with E-state index in [1.54, 1.807) is 0 Å². The third kappa shape index (κ3) is 5.32. The number of carbonyl (C=O) groups is 3. The van der Waals surface area contributed by atoms with Crippen LogP contribution in [-0.4, -0.2) is 77.1 Å². The molecule has 2 unspecified atom stereocenters. The van der Waals surface area contributed by atoms with Gasteiger partial charge in [-0.15, -0.1) is 0 Å². The molecular formula is C17H16F3N8O5S2+. The Labute approximate surface area is 201 Å². The molecule has 1 aromatic rings. The largest absolute Gasteiger partial charge is 0.477 e. The molecule has 13 nitrogen and oxygen atoms in total. The van der Waals surface area contributed by atoms with Crippen molar-refractivity contribution in [1.29, 1.82) is 5.41 Å². The number of aromatic nitrogens is 2. The molecule has 186 valence electrons. The number of nitrogens with zero attached hydrogens (tertiary/aromatic N) is 4. The van der Waals surface area contributed by atoms with Crippen molar-refractivity contribution in [2.75, 3.05) is 5.73 Å². The number of nitrogen functional groups attached to an aromatic ring is 1. The number of oxime groups is 1. The number of halogens is 3. The lowest BCUT2D eigenvalue weighted by molar-refractivity contribution is -0.165. The molecule has 0 aliphatic carbocycles. The number of fused-ring (bicyclic) bond motifs is 1. The second-order valence-electron chi connectivity index (χ2n) is 7.00.